The van der Waals surface area contributed by atoms with Gasteiger partial charge in [0, 0.05) is 11.3 Å². The highest BCUT2D eigenvalue weighted by Gasteiger charge is 2.35. The van der Waals surface area contributed by atoms with E-state index in [1.54, 1.807) is 60.5 Å². The van der Waals surface area contributed by atoms with Gasteiger partial charge in [-0.05, 0) is 42.8 Å². The number of methoxy groups -OCH3 is 1. The third-order valence-corrected chi connectivity index (χ3v) is 5.91. The van der Waals surface area contributed by atoms with Crippen LogP contribution < -0.4 is 9.64 Å². The van der Waals surface area contributed by atoms with Crippen molar-refractivity contribution >= 4 is 21.4 Å². The lowest BCUT2D eigenvalue weighted by Gasteiger charge is -2.28. The van der Waals surface area contributed by atoms with Crippen LogP contribution in [0.2, 0.25) is 0 Å². The minimum absolute atomic E-state index is 0.00238. The third kappa shape index (κ3) is 3.43. The second-order valence-corrected chi connectivity index (χ2v) is 8.02. The van der Waals surface area contributed by atoms with Crippen molar-refractivity contribution < 1.29 is 17.9 Å². The number of carbonyl (C=O) groups excluding carboxylic acids is 1. The van der Waals surface area contributed by atoms with Gasteiger partial charge in [-0.25, -0.2) is 8.42 Å². The molecule has 0 spiro atoms. The van der Waals surface area contributed by atoms with Gasteiger partial charge >= 0.3 is 0 Å². The van der Waals surface area contributed by atoms with Crippen molar-refractivity contribution in [3.63, 3.8) is 0 Å². The zero-order chi connectivity index (χ0) is 17.2. The molecule has 1 heterocycles. The molecule has 1 amide bonds. The highest BCUT2D eigenvalue weighted by Crippen LogP contribution is 2.28. The van der Waals surface area contributed by atoms with Gasteiger partial charge in [-0.1, -0.05) is 18.2 Å². The number of benzene rings is 2. The van der Waals surface area contributed by atoms with Gasteiger partial charge in [-0.3, -0.25) is 4.79 Å². The van der Waals surface area contributed by atoms with Crippen LogP contribution in [0.1, 0.15) is 16.8 Å². The predicted octanol–water partition coefficient (Wildman–Crippen LogP) is 2.53. The van der Waals surface area contributed by atoms with Crippen LogP contribution in [-0.2, 0) is 9.84 Å². The Balaban J connectivity index is 1.98. The van der Waals surface area contributed by atoms with Crippen molar-refractivity contribution in [1.29, 1.82) is 0 Å². The van der Waals surface area contributed by atoms with E-state index in [1.165, 1.54) is 0 Å². The normalized spacial score (nSPS) is 19.0. The van der Waals surface area contributed by atoms with Gasteiger partial charge in [0.2, 0.25) is 0 Å². The Morgan fingerprint density at radius 2 is 1.75 bits per heavy atom. The van der Waals surface area contributed by atoms with Gasteiger partial charge < -0.3 is 9.64 Å². The minimum atomic E-state index is -3.10. The molecule has 1 fully saturated rings. The van der Waals surface area contributed by atoms with E-state index < -0.39 is 9.84 Å². The number of sulfone groups is 1. The van der Waals surface area contributed by atoms with Crippen molar-refractivity contribution in [3.05, 3.63) is 60.2 Å². The summed E-state index contributed by atoms with van der Waals surface area (Å²) in [6, 6.07) is 15.7. The summed E-state index contributed by atoms with van der Waals surface area (Å²) in [5.74, 6) is 0.608. The van der Waals surface area contributed by atoms with Gasteiger partial charge in [0.25, 0.3) is 5.91 Å². The molecule has 0 aliphatic carbocycles. The Kier molecular flexibility index (Phi) is 4.57. The Morgan fingerprint density at radius 1 is 1.08 bits per heavy atom. The summed E-state index contributed by atoms with van der Waals surface area (Å²) in [6.45, 7) is 0. The van der Waals surface area contributed by atoms with E-state index in [1.807, 2.05) is 6.07 Å². The first kappa shape index (κ1) is 16.5. The molecule has 24 heavy (non-hydrogen) atoms. The molecular weight excluding hydrogens is 326 g/mol. The van der Waals surface area contributed by atoms with E-state index in [4.69, 9.17) is 4.74 Å². The molecule has 126 valence electrons. The summed E-state index contributed by atoms with van der Waals surface area (Å²) < 4.78 is 28.9. The molecule has 1 aliphatic rings. The number of anilines is 1. The Hall–Kier alpha value is -2.34. The first-order chi connectivity index (χ1) is 11.5. The highest BCUT2D eigenvalue weighted by molar-refractivity contribution is 7.91. The largest absolute Gasteiger partial charge is 0.497 e. The topological polar surface area (TPSA) is 63.7 Å². The zero-order valence-corrected chi connectivity index (χ0v) is 14.2. The molecule has 1 unspecified atom stereocenters. The standard InChI is InChI=1S/C18H19NO4S/c1-23-17-9-7-15(8-10-17)19(16-11-12-24(21,22)13-16)18(20)14-5-3-2-4-6-14/h2-10,16H,11-13H2,1H3. The smallest absolute Gasteiger partial charge is 0.258 e. The lowest BCUT2D eigenvalue weighted by Crippen LogP contribution is -2.41. The van der Waals surface area contributed by atoms with Gasteiger partial charge in [0.05, 0.1) is 24.7 Å². The summed E-state index contributed by atoms with van der Waals surface area (Å²) in [4.78, 5) is 14.6. The summed E-state index contributed by atoms with van der Waals surface area (Å²) in [7, 11) is -1.52. The summed E-state index contributed by atoms with van der Waals surface area (Å²) >= 11 is 0. The molecule has 0 saturated carbocycles. The molecule has 6 heteroatoms. The Morgan fingerprint density at radius 3 is 2.29 bits per heavy atom. The zero-order valence-electron chi connectivity index (χ0n) is 13.4. The molecule has 0 radical (unpaired) electrons. The van der Waals surface area contributed by atoms with Crippen LogP contribution in [0.3, 0.4) is 0 Å². The minimum Gasteiger partial charge on any atom is -0.497 e. The van der Waals surface area contributed by atoms with Crippen LogP contribution >= 0.6 is 0 Å². The SMILES string of the molecule is COc1ccc(N(C(=O)c2ccccc2)C2CCS(=O)(=O)C2)cc1. The van der Waals surface area contributed by atoms with Crippen LogP contribution in [0.4, 0.5) is 5.69 Å². The van der Waals surface area contributed by atoms with Gasteiger partial charge in [-0.15, -0.1) is 0 Å². The summed E-state index contributed by atoms with van der Waals surface area (Å²) in [6.07, 6.45) is 0.451. The number of nitrogens with zero attached hydrogens (tertiary/aromatic N) is 1. The molecule has 0 aromatic heterocycles. The van der Waals surface area contributed by atoms with E-state index in [0.29, 0.717) is 23.4 Å². The first-order valence-electron chi connectivity index (χ1n) is 7.73. The van der Waals surface area contributed by atoms with E-state index in [0.717, 1.165) is 0 Å². The fraction of sp³-hybridized carbons (Fsp3) is 0.278. The van der Waals surface area contributed by atoms with Crippen LogP contribution in [0.25, 0.3) is 0 Å². The van der Waals surface area contributed by atoms with Crippen molar-refractivity contribution in [2.45, 2.75) is 12.5 Å². The summed E-state index contributed by atoms with van der Waals surface area (Å²) in [5, 5.41) is 0. The molecule has 0 N–H and O–H groups in total. The van der Waals surface area contributed by atoms with Crippen molar-refractivity contribution in [3.8, 4) is 5.75 Å². The van der Waals surface area contributed by atoms with Gasteiger partial charge in [-0.2, -0.15) is 0 Å². The molecule has 2 aromatic carbocycles. The molecule has 3 rings (SSSR count). The van der Waals surface area contributed by atoms with Crippen LogP contribution in [-0.4, -0.2) is 39.0 Å². The molecule has 1 atom stereocenters. The lowest BCUT2D eigenvalue weighted by atomic mass is 10.1. The number of carbonyl (C=O) groups is 1. The second kappa shape index (κ2) is 6.65. The van der Waals surface area contributed by atoms with Crippen molar-refractivity contribution in [2.24, 2.45) is 0 Å². The van der Waals surface area contributed by atoms with Crippen molar-refractivity contribution in [2.75, 3.05) is 23.5 Å². The van der Waals surface area contributed by atoms with Gasteiger partial charge in [0.1, 0.15) is 5.75 Å². The maximum absolute atomic E-state index is 13.0. The molecule has 1 saturated heterocycles. The van der Waals surface area contributed by atoms with Crippen LogP contribution in [0, 0.1) is 0 Å². The van der Waals surface area contributed by atoms with E-state index in [2.05, 4.69) is 0 Å². The molecular formula is C18H19NO4S. The molecule has 2 aromatic rings. The van der Waals surface area contributed by atoms with E-state index >= 15 is 0 Å². The maximum Gasteiger partial charge on any atom is 0.258 e. The Labute approximate surface area is 141 Å². The highest BCUT2D eigenvalue weighted by atomic mass is 32.2. The van der Waals surface area contributed by atoms with Crippen molar-refractivity contribution in [1.82, 2.24) is 0 Å². The molecule has 1 aliphatic heterocycles. The quantitative estimate of drug-likeness (QED) is 0.854. The monoisotopic (exact) mass is 345 g/mol. The van der Waals surface area contributed by atoms with E-state index in [9.17, 15) is 13.2 Å². The summed E-state index contributed by atoms with van der Waals surface area (Å²) in [5.41, 5.74) is 1.21. The number of hydrogen-bond acceptors (Lipinski definition) is 4. The second-order valence-electron chi connectivity index (χ2n) is 5.80. The number of rotatable bonds is 4. The lowest BCUT2D eigenvalue weighted by molar-refractivity contribution is 0.0979. The fourth-order valence-corrected chi connectivity index (χ4v) is 4.64. The fourth-order valence-electron chi connectivity index (χ4n) is 2.94. The van der Waals surface area contributed by atoms with E-state index in [-0.39, 0.29) is 23.5 Å². The molecule has 5 nitrogen and oxygen atoms in total. The first-order valence-corrected chi connectivity index (χ1v) is 9.55. The average molecular weight is 345 g/mol. The average Bonchev–Trinajstić information content (AvgIpc) is 2.96. The van der Waals surface area contributed by atoms with Crippen LogP contribution in [0.15, 0.2) is 54.6 Å². The van der Waals surface area contributed by atoms with Crippen LogP contribution in [0.5, 0.6) is 5.75 Å². The number of amides is 1. The maximum atomic E-state index is 13.0. The number of hydrogen-bond donors (Lipinski definition) is 0. The number of ether oxygens (including phenoxy) is 1. The predicted molar refractivity (Wildman–Crippen MR) is 93.3 cm³/mol. The molecule has 0 bridgehead atoms. The third-order valence-electron chi connectivity index (χ3n) is 4.16. The Bertz CT molecular complexity index is 816. The van der Waals surface area contributed by atoms with Gasteiger partial charge in [0.15, 0.2) is 9.84 Å².